The van der Waals surface area contributed by atoms with E-state index in [1.54, 1.807) is 25.3 Å². The van der Waals surface area contributed by atoms with Gasteiger partial charge in [-0.2, -0.15) is 0 Å². The van der Waals surface area contributed by atoms with Gasteiger partial charge in [0.25, 0.3) is 0 Å². The van der Waals surface area contributed by atoms with Gasteiger partial charge < -0.3 is 19.4 Å². The summed E-state index contributed by atoms with van der Waals surface area (Å²) in [5.41, 5.74) is 1.54. The van der Waals surface area contributed by atoms with Crippen molar-refractivity contribution in [2.75, 3.05) is 18.5 Å². The largest absolute Gasteiger partial charge is 0.467 e. The van der Waals surface area contributed by atoms with Gasteiger partial charge in [-0.05, 0) is 68.4 Å². The first-order valence-electron chi connectivity index (χ1n) is 8.43. The third kappa shape index (κ3) is 4.90. The topological polar surface area (TPSA) is 54.7 Å². The Morgan fingerprint density at radius 1 is 1.32 bits per heavy atom. The molecule has 0 saturated carbocycles. The van der Waals surface area contributed by atoms with Gasteiger partial charge in [-0.15, -0.1) is 0 Å². The van der Waals surface area contributed by atoms with Crippen LogP contribution in [0.3, 0.4) is 0 Å². The zero-order valence-electron chi connectivity index (χ0n) is 14.2. The van der Waals surface area contributed by atoms with Crippen LogP contribution in [0, 0.1) is 0 Å². The van der Waals surface area contributed by atoms with Crippen LogP contribution < -0.4 is 5.32 Å². The molecule has 5 nitrogen and oxygen atoms in total. The van der Waals surface area contributed by atoms with Crippen LogP contribution in [-0.4, -0.2) is 35.1 Å². The van der Waals surface area contributed by atoms with Crippen molar-refractivity contribution in [3.05, 3.63) is 54.0 Å². The highest BCUT2D eigenvalue weighted by atomic mass is 32.1. The summed E-state index contributed by atoms with van der Waals surface area (Å²) < 4.78 is 11.2. The third-order valence-corrected chi connectivity index (χ3v) is 4.56. The molecule has 1 N–H and O–H groups in total. The van der Waals surface area contributed by atoms with Crippen LogP contribution in [0.1, 0.15) is 35.9 Å². The fourth-order valence-corrected chi connectivity index (χ4v) is 3.09. The third-order valence-electron chi connectivity index (χ3n) is 4.20. The van der Waals surface area contributed by atoms with Crippen LogP contribution in [0.2, 0.25) is 0 Å². The van der Waals surface area contributed by atoms with Crippen molar-refractivity contribution in [1.29, 1.82) is 0 Å². The summed E-state index contributed by atoms with van der Waals surface area (Å²) in [6.45, 7) is 3.67. The number of nitrogens with one attached hydrogen (secondary N) is 1. The molecule has 6 heteroatoms. The Morgan fingerprint density at radius 3 is 2.72 bits per heavy atom. The minimum Gasteiger partial charge on any atom is -0.467 e. The fourth-order valence-electron chi connectivity index (χ4n) is 2.83. The summed E-state index contributed by atoms with van der Waals surface area (Å²) in [7, 11) is 0. The first-order valence-corrected chi connectivity index (χ1v) is 8.83. The molecular formula is C19H22N2O3S. The van der Waals surface area contributed by atoms with Crippen LogP contribution in [-0.2, 0) is 11.3 Å². The number of anilines is 1. The maximum atomic E-state index is 11.4. The normalized spacial score (nSPS) is 16.6. The van der Waals surface area contributed by atoms with E-state index in [1.165, 1.54) is 0 Å². The minimum absolute atomic E-state index is 0.0481. The number of hydrogen-bond donors (Lipinski definition) is 1. The van der Waals surface area contributed by atoms with E-state index in [-0.39, 0.29) is 11.9 Å². The van der Waals surface area contributed by atoms with Crippen LogP contribution >= 0.6 is 12.2 Å². The van der Waals surface area contributed by atoms with Gasteiger partial charge in [0.2, 0.25) is 0 Å². The standard InChI is InChI=1S/C19H22N2O3S/c1-14(22)15-6-8-16(9-7-15)20-19(25)21(12-17-4-2-10-23-17)13-18-5-3-11-24-18/h2,4,6-10,18H,3,5,11-13H2,1H3,(H,20,25). The first kappa shape index (κ1) is 17.6. The molecule has 1 fully saturated rings. The highest BCUT2D eigenvalue weighted by Crippen LogP contribution is 2.17. The molecule has 2 aromatic rings. The molecule has 0 amide bonds. The lowest BCUT2D eigenvalue weighted by atomic mass is 10.1. The molecule has 25 heavy (non-hydrogen) atoms. The molecule has 1 saturated heterocycles. The summed E-state index contributed by atoms with van der Waals surface area (Å²) in [6, 6.07) is 11.1. The second kappa shape index (κ2) is 8.27. The number of rotatable bonds is 6. The predicted octanol–water partition coefficient (Wildman–Crippen LogP) is 3.86. The maximum Gasteiger partial charge on any atom is 0.173 e. The molecule has 0 bridgehead atoms. The first-order chi connectivity index (χ1) is 12.1. The summed E-state index contributed by atoms with van der Waals surface area (Å²) in [6.07, 6.45) is 3.99. The van der Waals surface area contributed by atoms with Crippen LogP contribution in [0.15, 0.2) is 47.1 Å². The second-order valence-electron chi connectivity index (χ2n) is 6.16. The van der Waals surface area contributed by atoms with E-state index in [1.807, 2.05) is 24.3 Å². The van der Waals surface area contributed by atoms with E-state index in [2.05, 4.69) is 10.2 Å². The molecular weight excluding hydrogens is 336 g/mol. The molecule has 1 unspecified atom stereocenters. The summed E-state index contributed by atoms with van der Waals surface area (Å²) in [5, 5.41) is 3.86. The number of thiocarbonyl (C=S) groups is 1. The molecule has 3 rings (SSSR count). The van der Waals surface area contributed by atoms with E-state index >= 15 is 0 Å². The van der Waals surface area contributed by atoms with Gasteiger partial charge in [-0.1, -0.05) is 0 Å². The number of carbonyl (C=O) groups is 1. The molecule has 1 aliphatic heterocycles. The monoisotopic (exact) mass is 358 g/mol. The lowest BCUT2D eigenvalue weighted by Crippen LogP contribution is -2.39. The molecule has 1 atom stereocenters. The van der Waals surface area contributed by atoms with Gasteiger partial charge >= 0.3 is 0 Å². The number of ether oxygens (including phenoxy) is 1. The van der Waals surface area contributed by atoms with Crippen molar-refractivity contribution >= 4 is 28.8 Å². The van der Waals surface area contributed by atoms with Gasteiger partial charge in [0.1, 0.15) is 5.76 Å². The SMILES string of the molecule is CC(=O)c1ccc(NC(=S)N(Cc2ccco2)CC2CCCO2)cc1. The predicted molar refractivity (Wildman–Crippen MR) is 101 cm³/mol. The quantitative estimate of drug-likeness (QED) is 0.625. The number of benzene rings is 1. The number of furan rings is 1. The number of ketones is 1. The second-order valence-corrected chi connectivity index (χ2v) is 6.55. The fraction of sp³-hybridized carbons (Fsp3) is 0.368. The number of carbonyl (C=O) groups excluding carboxylic acids is 1. The average molecular weight is 358 g/mol. The van der Waals surface area contributed by atoms with Crippen LogP contribution in [0.25, 0.3) is 0 Å². The Kier molecular flexibility index (Phi) is 5.83. The summed E-state index contributed by atoms with van der Waals surface area (Å²) in [4.78, 5) is 13.4. The average Bonchev–Trinajstić information content (AvgIpc) is 3.28. The van der Waals surface area contributed by atoms with Gasteiger partial charge in [0.05, 0.1) is 18.9 Å². The van der Waals surface area contributed by atoms with E-state index in [4.69, 9.17) is 21.4 Å². The van der Waals surface area contributed by atoms with Crippen molar-refractivity contribution < 1.29 is 13.9 Å². The zero-order chi connectivity index (χ0) is 17.6. The molecule has 0 spiro atoms. The minimum atomic E-state index is 0.0481. The van der Waals surface area contributed by atoms with Crippen molar-refractivity contribution in [3.63, 3.8) is 0 Å². The van der Waals surface area contributed by atoms with Crippen molar-refractivity contribution in [3.8, 4) is 0 Å². The Bertz CT molecular complexity index is 707. The zero-order valence-corrected chi connectivity index (χ0v) is 15.1. The van der Waals surface area contributed by atoms with Crippen molar-refractivity contribution in [2.24, 2.45) is 0 Å². The molecule has 1 aromatic heterocycles. The van der Waals surface area contributed by atoms with Gasteiger partial charge in [0, 0.05) is 24.4 Å². The van der Waals surface area contributed by atoms with Gasteiger partial charge in [-0.3, -0.25) is 4.79 Å². The van der Waals surface area contributed by atoms with E-state index in [0.29, 0.717) is 17.2 Å². The van der Waals surface area contributed by atoms with Crippen molar-refractivity contribution in [2.45, 2.75) is 32.4 Å². The lowest BCUT2D eigenvalue weighted by molar-refractivity contribution is 0.0892. The maximum absolute atomic E-state index is 11.4. The highest BCUT2D eigenvalue weighted by molar-refractivity contribution is 7.80. The van der Waals surface area contributed by atoms with Crippen molar-refractivity contribution in [1.82, 2.24) is 4.90 Å². The highest BCUT2D eigenvalue weighted by Gasteiger charge is 2.22. The molecule has 132 valence electrons. The molecule has 2 heterocycles. The van der Waals surface area contributed by atoms with E-state index in [9.17, 15) is 4.79 Å². The number of nitrogens with zero attached hydrogens (tertiary/aromatic N) is 1. The smallest absolute Gasteiger partial charge is 0.173 e. The molecule has 1 aromatic carbocycles. The van der Waals surface area contributed by atoms with E-state index in [0.717, 1.165) is 37.4 Å². The summed E-state index contributed by atoms with van der Waals surface area (Å²) >= 11 is 5.60. The Hall–Kier alpha value is -2.18. The van der Waals surface area contributed by atoms with E-state index < -0.39 is 0 Å². The molecule has 1 aliphatic rings. The Balaban J connectivity index is 1.67. The Labute approximate surface area is 153 Å². The molecule has 0 aliphatic carbocycles. The molecule has 0 radical (unpaired) electrons. The summed E-state index contributed by atoms with van der Waals surface area (Å²) in [5.74, 6) is 0.904. The number of Topliss-reactive ketones (excluding diaryl/α,β-unsaturated/α-hetero) is 1. The Morgan fingerprint density at radius 2 is 2.12 bits per heavy atom. The number of hydrogen-bond acceptors (Lipinski definition) is 4. The lowest BCUT2D eigenvalue weighted by Gasteiger charge is -2.27. The van der Waals surface area contributed by atoms with Gasteiger partial charge in [-0.25, -0.2) is 0 Å². The van der Waals surface area contributed by atoms with Crippen LogP contribution in [0.5, 0.6) is 0 Å². The van der Waals surface area contributed by atoms with Gasteiger partial charge in [0.15, 0.2) is 10.9 Å². The van der Waals surface area contributed by atoms with Crippen LogP contribution in [0.4, 0.5) is 5.69 Å².